The molecular formula is C26H43ClN2S. The van der Waals surface area contributed by atoms with Gasteiger partial charge in [-0.3, -0.25) is 0 Å². The van der Waals surface area contributed by atoms with Crippen LogP contribution in [0.15, 0.2) is 36.4 Å². The number of para-hydroxylation sites is 2. The first-order chi connectivity index (χ1) is 14.7. The number of unbranched alkanes of at least 4 members (excludes halogenated alkanes) is 6. The molecule has 0 aliphatic carbocycles. The first kappa shape index (κ1) is 25.5. The van der Waals surface area contributed by atoms with E-state index in [4.69, 9.17) is 11.6 Å². The van der Waals surface area contributed by atoms with Crippen LogP contribution in [-0.4, -0.2) is 17.2 Å². The molecule has 2 rings (SSSR count). The van der Waals surface area contributed by atoms with Crippen molar-refractivity contribution in [1.82, 2.24) is 0 Å². The molecule has 3 unspecified atom stereocenters. The van der Waals surface area contributed by atoms with Gasteiger partial charge in [0.15, 0.2) is 0 Å². The summed E-state index contributed by atoms with van der Waals surface area (Å²) in [7, 11) is 0. The van der Waals surface area contributed by atoms with Crippen LogP contribution in [0.25, 0.3) is 0 Å². The molecule has 2 N–H and O–H groups in total. The van der Waals surface area contributed by atoms with Crippen LogP contribution >= 0.6 is 23.5 Å². The Morgan fingerprint density at radius 2 is 1.70 bits per heavy atom. The minimum Gasteiger partial charge on any atom is -0.378 e. The maximum atomic E-state index is 6.94. The average molecular weight is 451 g/mol. The van der Waals surface area contributed by atoms with E-state index in [1.54, 1.807) is 11.9 Å². The number of anilines is 2. The molecule has 1 heterocycles. The Morgan fingerprint density at radius 1 is 0.967 bits per heavy atom. The molecule has 1 aliphatic rings. The second-order valence-electron chi connectivity index (χ2n) is 8.72. The topological polar surface area (TPSA) is 24.1 Å². The Kier molecular flexibility index (Phi) is 13.5. The van der Waals surface area contributed by atoms with Gasteiger partial charge in [-0.15, -0.1) is 11.6 Å². The lowest BCUT2D eigenvalue weighted by atomic mass is 9.91. The zero-order valence-corrected chi connectivity index (χ0v) is 20.7. The van der Waals surface area contributed by atoms with Gasteiger partial charge in [0.1, 0.15) is 0 Å². The van der Waals surface area contributed by atoms with Crippen molar-refractivity contribution in [2.45, 2.75) is 102 Å². The summed E-state index contributed by atoms with van der Waals surface area (Å²) in [6.45, 7) is 4.58. The lowest BCUT2D eigenvalue weighted by Gasteiger charge is -2.26. The Morgan fingerprint density at radius 3 is 2.50 bits per heavy atom. The zero-order valence-electron chi connectivity index (χ0n) is 19.2. The zero-order chi connectivity index (χ0) is 21.4. The molecule has 0 aromatic heterocycles. The van der Waals surface area contributed by atoms with Gasteiger partial charge in [-0.2, -0.15) is 0 Å². The largest absolute Gasteiger partial charge is 0.378 e. The summed E-state index contributed by atoms with van der Waals surface area (Å²) in [5.41, 5.74) is 2.33. The van der Waals surface area contributed by atoms with E-state index in [0.29, 0.717) is 6.04 Å². The first-order valence-corrected chi connectivity index (χ1v) is 13.7. The van der Waals surface area contributed by atoms with Gasteiger partial charge in [-0.25, -0.2) is 0 Å². The highest BCUT2D eigenvalue weighted by atomic mass is 35.5. The van der Waals surface area contributed by atoms with Crippen molar-refractivity contribution in [3.05, 3.63) is 36.4 Å². The first-order valence-electron chi connectivity index (χ1n) is 12.3. The number of fused-ring (bicyclic) bond motifs is 1. The van der Waals surface area contributed by atoms with Gasteiger partial charge in [0.05, 0.1) is 22.8 Å². The highest BCUT2D eigenvalue weighted by molar-refractivity contribution is 8.00. The van der Waals surface area contributed by atoms with E-state index in [1.165, 1.54) is 76.3 Å². The molecule has 0 spiro atoms. The second kappa shape index (κ2) is 15.9. The van der Waals surface area contributed by atoms with Crippen molar-refractivity contribution in [3.8, 4) is 0 Å². The van der Waals surface area contributed by atoms with E-state index in [-0.39, 0.29) is 5.38 Å². The van der Waals surface area contributed by atoms with Gasteiger partial charge in [-0.1, -0.05) is 95.0 Å². The van der Waals surface area contributed by atoms with Gasteiger partial charge in [0.2, 0.25) is 0 Å². The molecule has 4 heteroatoms. The Labute approximate surface area is 195 Å². The van der Waals surface area contributed by atoms with Gasteiger partial charge in [-0.05, 0) is 50.2 Å². The summed E-state index contributed by atoms with van der Waals surface area (Å²) < 4.78 is 3.45. The third-order valence-electron chi connectivity index (χ3n) is 6.04. The van der Waals surface area contributed by atoms with Crippen LogP contribution in [-0.2, 0) is 0 Å². The number of allylic oxidation sites excluding steroid dienone is 2. The smallest absolute Gasteiger partial charge is 0.0675 e. The summed E-state index contributed by atoms with van der Waals surface area (Å²) in [6, 6.07) is 8.72. The lowest BCUT2D eigenvalue weighted by Crippen LogP contribution is -2.33. The monoisotopic (exact) mass is 450 g/mol. The summed E-state index contributed by atoms with van der Waals surface area (Å²) in [6.07, 6.45) is 20.4. The predicted octanol–water partition coefficient (Wildman–Crippen LogP) is 9.04. The third-order valence-corrected chi connectivity index (χ3v) is 7.41. The highest BCUT2D eigenvalue weighted by Crippen LogP contribution is 2.32. The molecule has 0 fully saturated rings. The maximum absolute atomic E-state index is 6.94. The number of nitrogens with one attached hydrogen (secondary N) is 2. The maximum Gasteiger partial charge on any atom is 0.0675 e. The molecule has 1 aromatic carbocycles. The second-order valence-corrected chi connectivity index (χ2v) is 10.1. The Balaban J connectivity index is 1.69. The van der Waals surface area contributed by atoms with E-state index in [2.05, 4.69) is 60.3 Å². The molecule has 30 heavy (non-hydrogen) atoms. The Hall–Kier alpha value is -0.800. The minimum absolute atomic E-state index is 0.161. The molecule has 3 atom stereocenters. The van der Waals surface area contributed by atoms with Crippen molar-refractivity contribution in [2.75, 3.05) is 15.8 Å². The van der Waals surface area contributed by atoms with E-state index < -0.39 is 0 Å². The van der Waals surface area contributed by atoms with Gasteiger partial charge < -0.3 is 10.0 Å². The molecule has 0 saturated carbocycles. The van der Waals surface area contributed by atoms with Crippen LogP contribution in [0.5, 0.6) is 0 Å². The van der Waals surface area contributed by atoms with Crippen molar-refractivity contribution in [2.24, 2.45) is 5.92 Å². The fourth-order valence-electron chi connectivity index (χ4n) is 4.22. The molecular weight excluding hydrogens is 408 g/mol. The summed E-state index contributed by atoms with van der Waals surface area (Å²) in [4.78, 5) is 0. The van der Waals surface area contributed by atoms with Crippen molar-refractivity contribution in [1.29, 1.82) is 0 Å². The van der Waals surface area contributed by atoms with Crippen LogP contribution in [0.2, 0.25) is 0 Å². The fourth-order valence-corrected chi connectivity index (χ4v) is 5.65. The standard InChI is InChI=1S/C26H43ClN2S/c1-3-5-6-7-8-9-10-11-12-13-17-22(16-4-2)20-23(27)26-21-30-29-25-19-15-14-18-24(25)28-26/h11-12,14-15,18-19,22-23,26,28-29H,3-10,13,16-17,20-21H2,1-2H3/b12-11-. The fraction of sp³-hybridized carbons (Fsp3) is 0.692. The molecule has 2 nitrogen and oxygen atoms in total. The molecule has 0 bridgehead atoms. The highest BCUT2D eigenvalue weighted by Gasteiger charge is 2.25. The summed E-state index contributed by atoms with van der Waals surface area (Å²) >= 11 is 8.70. The number of alkyl halides is 1. The van der Waals surface area contributed by atoms with E-state index in [9.17, 15) is 0 Å². The van der Waals surface area contributed by atoms with E-state index in [0.717, 1.165) is 23.8 Å². The third kappa shape index (κ3) is 10.0. The molecule has 1 aliphatic heterocycles. The number of hydrogen-bond acceptors (Lipinski definition) is 3. The van der Waals surface area contributed by atoms with Crippen molar-refractivity contribution in [3.63, 3.8) is 0 Å². The normalized spacial score (nSPS) is 18.3. The lowest BCUT2D eigenvalue weighted by molar-refractivity contribution is 0.402. The SMILES string of the molecule is CCCCCCCC/C=C\CCC(CCC)CC(Cl)C1CSNc2ccccc2N1. The van der Waals surface area contributed by atoms with Crippen molar-refractivity contribution >= 4 is 34.9 Å². The minimum atomic E-state index is 0.161. The summed E-state index contributed by atoms with van der Waals surface area (Å²) in [5, 5.41) is 3.85. The van der Waals surface area contributed by atoms with E-state index in [1.807, 2.05) is 0 Å². The van der Waals surface area contributed by atoms with Gasteiger partial charge >= 0.3 is 0 Å². The van der Waals surface area contributed by atoms with Crippen LogP contribution in [0.1, 0.15) is 90.9 Å². The molecule has 1 aromatic rings. The molecule has 0 radical (unpaired) electrons. The Bertz CT molecular complexity index is 592. The van der Waals surface area contributed by atoms with Crippen molar-refractivity contribution < 1.29 is 0 Å². The van der Waals surface area contributed by atoms with E-state index >= 15 is 0 Å². The predicted molar refractivity (Wildman–Crippen MR) is 139 cm³/mol. The van der Waals surface area contributed by atoms with Gasteiger partial charge in [0, 0.05) is 5.75 Å². The van der Waals surface area contributed by atoms with Crippen LogP contribution in [0.4, 0.5) is 11.4 Å². The quantitative estimate of drug-likeness (QED) is 0.120. The number of halogens is 1. The molecule has 170 valence electrons. The number of benzene rings is 1. The number of rotatable bonds is 15. The summed E-state index contributed by atoms with van der Waals surface area (Å²) in [5.74, 6) is 1.70. The van der Waals surface area contributed by atoms with Crippen LogP contribution in [0, 0.1) is 5.92 Å². The molecule has 0 saturated heterocycles. The average Bonchev–Trinajstić information content (AvgIpc) is 2.97. The number of hydrogen-bond donors (Lipinski definition) is 2. The van der Waals surface area contributed by atoms with Gasteiger partial charge in [0.25, 0.3) is 0 Å². The molecule has 0 amide bonds. The van der Waals surface area contributed by atoms with Crippen LogP contribution in [0.3, 0.4) is 0 Å². The van der Waals surface area contributed by atoms with Crippen LogP contribution < -0.4 is 10.0 Å².